The molecule has 3 rings (SSSR count). The molecule has 1 aromatic heterocycles. The number of fused-ring (bicyclic) bond motifs is 1. The van der Waals surface area contributed by atoms with Crippen molar-refractivity contribution < 1.29 is 5.11 Å². The van der Waals surface area contributed by atoms with Crippen molar-refractivity contribution in [3.63, 3.8) is 0 Å². The predicted molar refractivity (Wildman–Crippen MR) is 76.5 cm³/mol. The van der Waals surface area contributed by atoms with Gasteiger partial charge in [0.25, 0.3) is 0 Å². The number of aryl methyl sites for hydroxylation is 2. The third-order valence-corrected chi connectivity index (χ3v) is 4.07. The lowest BCUT2D eigenvalue weighted by Gasteiger charge is -2.14. The van der Waals surface area contributed by atoms with Crippen LogP contribution in [-0.2, 0) is 13.6 Å². The molecule has 0 spiro atoms. The summed E-state index contributed by atoms with van der Waals surface area (Å²) in [7, 11) is 1.86. The van der Waals surface area contributed by atoms with Crippen LogP contribution < -0.4 is 5.32 Å². The minimum atomic E-state index is 0.170. The van der Waals surface area contributed by atoms with Crippen LogP contribution in [0.15, 0.2) is 18.5 Å². The van der Waals surface area contributed by atoms with Crippen LogP contribution in [0, 0.1) is 6.92 Å². The molecule has 1 heterocycles. The molecule has 20 heavy (non-hydrogen) atoms. The maximum Gasteiger partial charge on any atom is 0.164 e. The molecule has 106 valence electrons. The first-order valence-corrected chi connectivity index (χ1v) is 6.96. The molecule has 0 saturated heterocycles. The van der Waals surface area contributed by atoms with Gasteiger partial charge in [0.2, 0.25) is 0 Å². The summed E-state index contributed by atoms with van der Waals surface area (Å²) in [6.45, 7) is 4.94. The highest BCUT2D eigenvalue weighted by Gasteiger charge is 2.31. The first-order valence-electron chi connectivity index (χ1n) is 6.96. The number of phenolic OH excluding ortho intramolecular Hbond substituents is 1. The van der Waals surface area contributed by atoms with Gasteiger partial charge in [0.05, 0.1) is 6.54 Å². The van der Waals surface area contributed by atoms with E-state index in [1.165, 1.54) is 11.1 Å². The first kappa shape index (κ1) is 13.1. The summed E-state index contributed by atoms with van der Waals surface area (Å²) >= 11 is 0. The van der Waals surface area contributed by atoms with Crippen LogP contribution in [0.2, 0.25) is 0 Å². The molecule has 2 atom stereocenters. The zero-order valence-corrected chi connectivity index (χ0v) is 12.1. The van der Waals surface area contributed by atoms with E-state index in [1.807, 2.05) is 13.1 Å². The fraction of sp³-hybridized carbons (Fsp3) is 0.467. The van der Waals surface area contributed by atoms with E-state index < -0.39 is 0 Å². The number of nitrogens with one attached hydrogen (secondary N) is 1. The second-order valence-electron chi connectivity index (χ2n) is 5.63. The summed E-state index contributed by atoms with van der Waals surface area (Å²) in [5.74, 6) is 1.63. The summed E-state index contributed by atoms with van der Waals surface area (Å²) < 4.78 is 1.70. The zero-order chi connectivity index (χ0) is 14.3. The fourth-order valence-corrected chi connectivity index (χ4v) is 3.21. The zero-order valence-electron chi connectivity index (χ0n) is 12.1. The molecule has 2 unspecified atom stereocenters. The summed E-state index contributed by atoms with van der Waals surface area (Å²) in [6, 6.07) is 3.96. The van der Waals surface area contributed by atoms with Gasteiger partial charge in [-0.25, -0.2) is 4.98 Å². The molecular formula is C15H20N4O. The van der Waals surface area contributed by atoms with Gasteiger partial charge in [-0.15, -0.1) is 0 Å². The van der Waals surface area contributed by atoms with E-state index in [9.17, 15) is 5.11 Å². The number of nitrogens with zero attached hydrogens (tertiary/aromatic N) is 3. The van der Waals surface area contributed by atoms with Crippen molar-refractivity contribution in [3.8, 4) is 5.75 Å². The van der Waals surface area contributed by atoms with Gasteiger partial charge in [-0.3, -0.25) is 4.68 Å². The fourth-order valence-electron chi connectivity index (χ4n) is 3.21. The Morgan fingerprint density at radius 1 is 1.40 bits per heavy atom. The minimum absolute atomic E-state index is 0.170. The summed E-state index contributed by atoms with van der Waals surface area (Å²) in [4.78, 5) is 4.22. The largest absolute Gasteiger partial charge is 0.508 e. The van der Waals surface area contributed by atoms with Gasteiger partial charge in [0.15, 0.2) is 5.82 Å². The third kappa shape index (κ3) is 2.18. The normalized spacial score (nSPS) is 21.1. The number of rotatable bonds is 3. The van der Waals surface area contributed by atoms with Gasteiger partial charge in [-0.05, 0) is 36.5 Å². The topological polar surface area (TPSA) is 63.0 Å². The van der Waals surface area contributed by atoms with E-state index in [0.717, 1.165) is 17.8 Å². The van der Waals surface area contributed by atoms with Gasteiger partial charge in [-0.1, -0.05) is 13.0 Å². The predicted octanol–water partition coefficient (Wildman–Crippen LogP) is 2.17. The number of aromatic nitrogens is 3. The van der Waals surface area contributed by atoms with Gasteiger partial charge in [0.1, 0.15) is 12.1 Å². The van der Waals surface area contributed by atoms with Gasteiger partial charge < -0.3 is 10.4 Å². The Kier molecular flexibility index (Phi) is 3.22. The standard InChI is InChI=1S/C15H20N4O/c1-9-4-5-12(20)15-11(6-10(2)14(9)15)16-7-13-17-8-19(3)18-13/h4-5,8,10-11,16,20H,6-7H2,1-3H3. The van der Waals surface area contributed by atoms with E-state index in [4.69, 9.17) is 0 Å². The third-order valence-electron chi connectivity index (χ3n) is 4.07. The Balaban J connectivity index is 1.82. The highest BCUT2D eigenvalue weighted by molar-refractivity contribution is 5.50. The van der Waals surface area contributed by atoms with E-state index >= 15 is 0 Å². The highest BCUT2D eigenvalue weighted by atomic mass is 16.3. The molecule has 5 nitrogen and oxygen atoms in total. The van der Waals surface area contributed by atoms with E-state index in [2.05, 4.69) is 29.2 Å². The van der Waals surface area contributed by atoms with Crippen LogP contribution in [0.5, 0.6) is 5.75 Å². The Labute approximate surface area is 118 Å². The maximum atomic E-state index is 10.2. The molecule has 0 saturated carbocycles. The van der Waals surface area contributed by atoms with Gasteiger partial charge >= 0.3 is 0 Å². The molecule has 0 radical (unpaired) electrons. The van der Waals surface area contributed by atoms with Crippen LogP contribution in [0.4, 0.5) is 0 Å². The molecule has 0 bridgehead atoms. The van der Waals surface area contributed by atoms with Crippen LogP contribution in [0.3, 0.4) is 0 Å². The monoisotopic (exact) mass is 272 g/mol. The maximum absolute atomic E-state index is 10.2. The average Bonchev–Trinajstić information content (AvgIpc) is 2.96. The molecule has 2 N–H and O–H groups in total. The Morgan fingerprint density at radius 2 is 2.20 bits per heavy atom. The molecule has 2 aromatic rings. The van der Waals surface area contributed by atoms with E-state index in [0.29, 0.717) is 18.2 Å². The van der Waals surface area contributed by atoms with Gasteiger partial charge in [-0.2, -0.15) is 5.10 Å². The second-order valence-corrected chi connectivity index (χ2v) is 5.63. The quantitative estimate of drug-likeness (QED) is 0.899. The minimum Gasteiger partial charge on any atom is -0.508 e. The lowest BCUT2D eigenvalue weighted by molar-refractivity contribution is 0.442. The molecule has 0 amide bonds. The molecule has 1 aromatic carbocycles. The summed E-state index contributed by atoms with van der Waals surface area (Å²) in [5.41, 5.74) is 3.59. The molecular weight excluding hydrogens is 252 g/mol. The Hall–Kier alpha value is -1.88. The van der Waals surface area contributed by atoms with Crippen LogP contribution in [0.25, 0.3) is 0 Å². The first-order chi connectivity index (χ1) is 9.56. The molecule has 1 aliphatic rings. The van der Waals surface area contributed by atoms with Crippen molar-refractivity contribution in [2.75, 3.05) is 0 Å². The second kappa shape index (κ2) is 4.90. The van der Waals surface area contributed by atoms with E-state index in [-0.39, 0.29) is 6.04 Å². The van der Waals surface area contributed by atoms with Crippen molar-refractivity contribution in [1.82, 2.24) is 20.1 Å². The summed E-state index contributed by atoms with van der Waals surface area (Å²) in [6.07, 6.45) is 2.70. The molecule has 0 aliphatic heterocycles. The average molecular weight is 272 g/mol. The number of hydrogen-bond donors (Lipinski definition) is 2. The molecule has 1 aliphatic carbocycles. The summed E-state index contributed by atoms with van der Waals surface area (Å²) in [5, 5.41) is 17.9. The number of hydrogen-bond acceptors (Lipinski definition) is 4. The van der Waals surface area contributed by atoms with Crippen molar-refractivity contribution in [3.05, 3.63) is 41.0 Å². The van der Waals surface area contributed by atoms with Crippen LogP contribution >= 0.6 is 0 Å². The van der Waals surface area contributed by atoms with Crippen molar-refractivity contribution in [1.29, 1.82) is 0 Å². The molecule has 5 heteroatoms. The van der Waals surface area contributed by atoms with Crippen LogP contribution in [-0.4, -0.2) is 19.9 Å². The Bertz CT molecular complexity index is 635. The number of benzene rings is 1. The number of phenols is 1. The van der Waals surface area contributed by atoms with Crippen LogP contribution in [0.1, 0.15) is 47.8 Å². The SMILES string of the molecule is Cc1ccc(O)c2c1C(C)CC2NCc1ncn(C)n1. The Morgan fingerprint density at radius 3 is 2.90 bits per heavy atom. The van der Waals surface area contributed by atoms with Crippen molar-refractivity contribution in [2.45, 2.75) is 38.8 Å². The lowest BCUT2D eigenvalue weighted by Crippen LogP contribution is -2.20. The van der Waals surface area contributed by atoms with Crippen molar-refractivity contribution >= 4 is 0 Å². The number of aromatic hydroxyl groups is 1. The highest BCUT2D eigenvalue weighted by Crippen LogP contribution is 2.45. The van der Waals surface area contributed by atoms with E-state index in [1.54, 1.807) is 17.1 Å². The van der Waals surface area contributed by atoms with Gasteiger partial charge in [0, 0.05) is 18.7 Å². The molecule has 0 fully saturated rings. The lowest BCUT2D eigenvalue weighted by atomic mass is 9.97. The van der Waals surface area contributed by atoms with Crippen molar-refractivity contribution in [2.24, 2.45) is 7.05 Å². The smallest absolute Gasteiger partial charge is 0.164 e.